The van der Waals surface area contributed by atoms with Crippen molar-refractivity contribution in [3.63, 3.8) is 0 Å². The van der Waals surface area contributed by atoms with Crippen molar-refractivity contribution in [2.24, 2.45) is 0 Å². The maximum atomic E-state index is 10.8. The van der Waals surface area contributed by atoms with Crippen LogP contribution in [0.5, 0.6) is 0 Å². The number of carboxylic acids is 1. The molecule has 7 heteroatoms. The maximum Gasteiger partial charge on any atom is 0.370 e. The molecule has 4 N–H and O–H groups in total. The summed E-state index contributed by atoms with van der Waals surface area (Å²) in [5.41, 5.74) is 0. The van der Waals surface area contributed by atoms with Crippen LogP contribution in [0.25, 0.3) is 0 Å². The van der Waals surface area contributed by atoms with Gasteiger partial charge in [-0.15, -0.1) is 0 Å². The van der Waals surface area contributed by atoms with E-state index in [1.807, 2.05) is 0 Å². The summed E-state index contributed by atoms with van der Waals surface area (Å²) in [6.45, 7) is 0.701. The molecule has 90 valence electrons. The summed E-state index contributed by atoms with van der Waals surface area (Å²) in [5.74, 6) is -2.13. The van der Waals surface area contributed by atoms with E-state index in [2.05, 4.69) is 5.32 Å². The van der Waals surface area contributed by atoms with Gasteiger partial charge in [-0.3, -0.25) is 4.79 Å². The van der Waals surface area contributed by atoms with Crippen LogP contribution in [-0.4, -0.2) is 52.1 Å². The number of hydrogen-bond donors (Lipinski definition) is 4. The fraction of sp³-hybridized carbons (Fsp3) is 0.556. The van der Waals surface area contributed by atoms with Crippen molar-refractivity contribution in [3.8, 4) is 0 Å². The minimum Gasteiger partial charge on any atom is -0.478 e. The topological polar surface area (TPSA) is 116 Å². The van der Waals surface area contributed by atoms with E-state index in [4.69, 9.17) is 14.9 Å². The highest BCUT2D eigenvalue weighted by molar-refractivity contribution is 5.85. The number of aliphatic hydroxyl groups is 2. The fourth-order valence-electron chi connectivity index (χ4n) is 1.39. The summed E-state index contributed by atoms with van der Waals surface area (Å²) in [5, 5.41) is 29.6. The first-order valence-corrected chi connectivity index (χ1v) is 4.63. The average Bonchev–Trinajstić information content (AvgIpc) is 2.20. The van der Waals surface area contributed by atoms with E-state index in [1.165, 1.54) is 6.92 Å². The van der Waals surface area contributed by atoms with E-state index < -0.39 is 42.5 Å². The number of aliphatic carboxylic acids is 1. The van der Waals surface area contributed by atoms with Gasteiger partial charge in [-0.2, -0.15) is 0 Å². The molecule has 1 heterocycles. The largest absolute Gasteiger partial charge is 0.478 e. The average molecular weight is 231 g/mol. The van der Waals surface area contributed by atoms with Crippen molar-refractivity contribution >= 4 is 11.9 Å². The quantitative estimate of drug-likeness (QED) is 0.456. The molecule has 0 aromatic heterocycles. The molecule has 0 bridgehead atoms. The van der Waals surface area contributed by atoms with Crippen LogP contribution in [0.3, 0.4) is 0 Å². The molecule has 1 amide bonds. The Hall–Kier alpha value is -1.60. The summed E-state index contributed by atoms with van der Waals surface area (Å²) in [6, 6.07) is -0.880. The van der Waals surface area contributed by atoms with E-state index in [-0.39, 0.29) is 0 Å². The molecule has 1 aliphatic heterocycles. The summed E-state index contributed by atoms with van der Waals surface area (Å²) >= 11 is 0. The standard InChI is InChI=1S/C9H13NO6/c1-4(12)10-5-2-6(9(14)15)16-7(3-11)8(5)13/h2,5,7-8,11,13H,3H2,1H3,(H,10,12)(H,14,15)/t5-,7-,8+/m0/s1. The lowest BCUT2D eigenvalue weighted by Gasteiger charge is -2.32. The first kappa shape index (κ1) is 12.5. The summed E-state index contributed by atoms with van der Waals surface area (Å²) < 4.78 is 4.83. The molecular weight excluding hydrogens is 218 g/mol. The Bertz CT molecular complexity index is 326. The predicted molar refractivity (Wildman–Crippen MR) is 51.3 cm³/mol. The zero-order chi connectivity index (χ0) is 12.3. The van der Waals surface area contributed by atoms with Gasteiger partial charge in [-0.05, 0) is 6.08 Å². The molecule has 1 rings (SSSR count). The van der Waals surface area contributed by atoms with Gasteiger partial charge in [0.1, 0.15) is 6.10 Å². The van der Waals surface area contributed by atoms with Gasteiger partial charge in [0.15, 0.2) is 6.10 Å². The molecule has 3 atom stereocenters. The van der Waals surface area contributed by atoms with E-state index in [0.717, 1.165) is 6.08 Å². The number of carboxylic acid groups (broad SMARTS) is 1. The molecule has 0 radical (unpaired) electrons. The third-order valence-corrected chi connectivity index (χ3v) is 2.12. The molecule has 0 unspecified atom stereocenters. The second kappa shape index (κ2) is 4.95. The van der Waals surface area contributed by atoms with Crippen LogP contribution >= 0.6 is 0 Å². The lowest BCUT2D eigenvalue weighted by Crippen LogP contribution is -2.52. The third-order valence-electron chi connectivity index (χ3n) is 2.12. The first-order chi connectivity index (χ1) is 7.45. The number of carbonyl (C=O) groups excluding carboxylic acids is 1. The van der Waals surface area contributed by atoms with E-state index in [0.29, 0.717) is 0 Å². The first-order valence-electron chi connectivity index (χ1n) is 4.63. The van der Waals surface area contributed by atoms with Crippen LogP contribution in [0.2, 0.25) is 0 Å². The Morgan fingerprint density at radius 1 is 1.56 bits per heavy atom. The molecular formula is C9H13NO6. The highest BCUT2D eigenvalue weighted by Gasteiger charge is 2.35. The molecule has 0 spiro atoms. The lowest BCUT2D eigenvalue weighted by molar-refractivity contribution is -0.142. The van der Waals surface area contributed by atoms with Gasteiger partial charge in [0.25, 0.3) is 0 Å². The second-order valence-corrected chi connectivity index (χ2v) is 3.39. The van der Waals surface area contributed by atoms with Crippen molar-refractivity contribution in [2.75, 3.05) is 6.61 Å². The number of rotatable bonds is 3. The maximum absolute atomic E-state index is 10.8. The summed E-state index contributed by atoms with van der Waals surface area (Å²) in [6.07, 6.45) is -1.15. The normalized spacial score (nSPS) is 28.9. The minimum atomic E-state index is -1.32. The molecule has 0 saturated heterocycles. The second-order valence-electron chi connectivity index (χ2n) is 3.39. The van der Waals surface area contributed by atoms with Crippen molar-refractivity contribution in [1.82, 2.24) is 5.32 Å². The summed E-state index contributed by atoms with van der Waals surface area (Å²) in [4.78, 5) is 21.5. The molecule has 16 heavy (non-hydrogen) atoms. The highest BCUT2D eigenvalue weighted by Crippen LogP contribution is 2.18. The summed E-state index contributed by atoms with van der Waals surface area (Å²) in [7, 11) is 0. The van der Waals surface area contributed by atoms with Crippen molar-refractivity contribution in [3.05, 3.63) is 11.8 Å². The molecule has 1 aliphatic rings. The number of amides is 1. The molecule has 0 aromatic rings. The van der Waals surface area contributed by atoms with Gasteiger partial charge >= 0.3 is 5.97 Å². The van der Waals surface area contributed by atoms with E-state index in [1.54, 1.807) is 0 Å². The zero-order valence-electron chi connectivity index (χ0n) is 8.58. The number of carbonyl (C=O) groups is 2. The monoisotopic (exact) mass is 231 g/mol. The van der Waals surface area contributed by atoms with Crippen LogP contribution in [0.15, 0.2) is 11.8 Å². The van der Waals surface area contributed by atoms with Gasteiger partial charge in [-0.25, -0.2) is 4.79 Å². The van der Waals surface area contributed by atoms with Gasteiger partial charge in [0.2, 0.25) is 11.7 Å². The van der Waals surface area contributed by atoms with Gasteiger partial charge < -0.3 is 25.4 Å². The van der Waals surface area contributed by atoms with Crippen LogP contribution in [0.1, 0.15) is 6.92 Å². The Morgan fingerprint density at radius 2 is 2.19 bits per heavy atom. The Balaban J connectivity index is 2.90. The van der Waals surface area contributed by atoms with Gasteiger partial charge in [0.05, 0.1) is 12.6 Å². The SMILES string of the molecule is CC(=O)N[C@H]1C=C(C(=O)O)O[C@@H](CO)[C@@H]1O. The highest BCUT2D eigenvalue weighted by atomic mass is 16.5. The number of nitrogens with one attached hydrogen (secondary N) is 1. The fourth-order valence-corrected chi connectivity index (χ4v) is 1.39. The van der Waals surface area contributed by atoms with Crippen LogP contribution in [0, 0.1) is 0 Å². The van der Waals surface area contributed by atoms with Crippen molar-refractivity contribution in [1.29, 1.82) is 0 Å². The van der Waals surface area contributed by atoms with E-state index in [9.17, 15) is 14.7 Å². The van der Waals surface area contributed by atoms with Gasteiger partial charge in [0, 0.05) is 6.92 Å². The zero-order valence-corrected chi connectivity index (χ0v) is 8.58. The predicted octanol–water partition coefficient (Wildman–Crippen LogP) is -1.79. The van der Waals surface area contributed by atoms with Crippen molar-refractivity contribution in [2.45, 2.75) is 25.2 Å². The molecule has 0 aliphatic carbocycles. The third kappa shape index (κ3) is 2.71. The number of hydrogen-bond acceptors (Lipinski definition) is 5. The van der Waals surface area contributed by atoms with Crippen LogP contribution in [-0.2, 0) is 14.3 Å². The van der Waals surface area contributed by atoms with Crippen LogP contribution in [0.4, 0.5) is 0 Å². The molecule has 0 saturated carbocycles. The lowest BCUT2D eigenvalue weighted by atomic mass is 10.0. The minimum absolute atomic E-state index is 0.400. The number of aliphatic hydroxyl groups excluding tert-OH is 2. The molecule has 0 aromatic carbocycles. The molecule has 0 fully saturated rings. The Kier molecular flexibility index (Phi) is 3.86. The molecule has 7 nitrogen and oxygen atoms in total. The van der Waals surface area contributed by atoms with Crippen molar-refractivity contribution < 1.29 is 29.6 Å². The van der Waals surface area contributed by atoms with Crippen LogP contribution < -0.4 is 5.32 Å². The number of ether oxygens (including phenoxy) is 1. The van der Waals surface area contributed by atoms with E-state index >= 15 is 0 Å². The smallest absolute Gasteiger partial charge is 0.370 e. The van der Waals surface area contributed by atoms with Gasteiger partial charge in [-0.1, -0.05) is 0 Å². The Labute approximate surface area is 91.3 Å². The Morgan fingerprint density at radius 3 is 2.62 bits per heavy atom.